The third-order valence-corrected chi connectivity index (χ3v) is 7.94. The van der Waals surface area contributed by atoms with E-state index in [4.69, 9.17) is 21.3 Å². The first-order chi connectivity index (χ1) is 15.5. The van der Waals surface area contributed by atoms with Crippen molar-refractivity contribution in [2.75, 3.05) is 17.1 Å². The number of phenolic OH excluding ortho intramolecular Hbond substituents is 1. The van der Waals surface area contributed by atoms with Gasteiger partial charge in [-0.05, 0) is 67.6 Å². The second-order valence-electron chi connectivity index (χ2n) is 8.00. The van der Waals surface area contributed by atoms with Crippen molar-refractivity contribution in [3.63, 3.8) is 0 Å². The SMILES string of the molecule is COc1ccc(-c2sc(NC3CCCCCC3)nc2C)cc1SNc1ccc(O)cc1Cl. The number of ether oxygens (including phenoxy) is 1. The Kier molecular flexibility index (Phi) is 7.71. The average molecular weight is 490 g/mol. The maximum Gasteiger partial charge on any atom is 0.183 e. The van der Waals surface area contributed by atoms with Crippen molar-refractivity contribution in [2.45, 2.75) is 56.4 Å². The van der Waals surface area contributed by atoms with Gasteiger partial charge in [0.25, 0.3) is 0 Å². The molecule has 1 aliphatic rings. The number of aryl methyl sites for hydroxylation is 1. The number of anilines is 2. The monoisotopic (exact) mass is 489 g/mol. The number of nitrogens with one attached hydrogen (secondary N) is 2. The average Bonchev–Trinajstić information content (AvgIpc) is 2.96. The summed E-state index contributed by atoms with van der Waals surface area (Å²) in [7, 11) is 1.67. The summed E-state index contributed by atoms with van der Waals surface area (Å²) in [5.41, 5.74) is 2.86. The van der Waals surface area contributed by atoms with Gasteiger partial charge in [0.05, 0.1) is 33.3 Å². The van der Waals surface area contributed by atoms with E-state index >= 15 is 0 Å². The number of hydrogen-bond donors (Lipinski definition) is 3. The summed E-state index contributed by atoms with van der Waals surface area (Å²) in [6.45, 7) is 2.07. The highest BCUT2D eigenvalue weighted by Crippen LogP contribution is 2.40. The number of aromatic nitrogens is 1. The van der Waals surface area contributed by atoms with E-state index in [1.807, 2.05) is 6.07 Å². The molecule has 4 rings (SSSR count). The van der Waals surface area contributed by atoms with E-state index in [1.165, 1.54) is 56.5 Å². The number of hydrogen-bond acceptors (Lipinski definition) is 7. The fraction of sp³-hybridized carbons (Fsp3) is 0.375. The number of aromatic hydroxyl groups is 1. The summed E-state index contributed by atoms with van der Waals surface area (Å²) in [5, 5.41) is 14.7. The van der Waals surface area contributed by atoms with E-state index in [9.17, 15) is 5.11 Å². The van der Waals surface area contributed by atoms with Gasteiger partial charge in [0.15, 0.2) is 5.13 Å². The van der Waals surface area contributed by atoms with Gasteiger partial charge in [-0.1, -0.05) is 48.6 Å². The molecule has 1 fully saturated rings. The first-order valence-electron chi connectivity index (χ1n) is 10.9. The molecule has 8 heteroatoms. The number of halogens is 1. The number of rotatable bonds is 7. The van der Waals surface area contributed by atoms with Crippen LogP contribution in [0.25, 0.3) is 10.4 Å². The van der Waals surface area contributed by atoms with E-state index in [1.54, 1.807) is 30.6 Å². The van der Waals surface area contributed by atoms with Crippen LogP contribution < -0.4 is 14.8 Å². The molecule has 0 amide bonds. The molecule has 1 heterocycles. The van der Waals surface area contributed by atoms with Gasteiger partial charge in [-0.15, -0.1) is 0 Å². The standard InChI is InChI=1S/C24H28ClN3O2S2/c1-15-23(31-24(26-15)27-17-7-5-3-4-6-8-17)16-9-12-21(30-2)22(13-16)32-28-20-11-10-18(29)14-19(20)25/h9-14,17,28-29H,3-8H2,1-2H3,(H,26,27). The zero-order chi connectivity index (χ0) is 22.5. The van der Waals surface area contributed by atoms with Crippen LogP contribution in [-0.2, 0) is 0 Å². The molecule has 0 atom stereocenters. The van der Waals surface area contributed by atoms with Crippen molar-refractivity contribution in [2.24, 2.45) is 0 Å². The van der Waals surface area contributed by atoms with Crippen LogP contribution in [0.2, 0.25) is 5.02 Å². The van der Waals surface area contributed by atoms with Gasteiger partial charge >= 0.3 is 0 Å². The number of benzene rings is 2. The second kappa shape index (κ2) is 10.7. The maximum absolute atomic E-state index is 9.56. The molecule has 1 aliphatic carbocycles. The van der Waals surface area contributed by atoms with Crippen LogP contribution in [0.4, 0.5) is 10.8 Å². The first-order valence-corrected chi connectivity index (χ1v) is 12.9. The molecule has 3 aromatic rings. The van der Waals surface area contributed by atoms with Crippen molar-refractivity contribution < 1.29 is 9.84 Å². The Morgan fingerprint density at radius 3 is 2.62 bits per heavy atom. The topological polar surface area (TPSA) is 66.4 Å². The number of methoxy groups -OCH3 is 1. The van der Waals surface area contributed by atoms with Gasteiger partial charge in [0, 0.05) is 12.1 Å². The molecular weight excluding hydrogens is 462 g/mol. The van der Waals surface area contributed by atoms with E-state index in [2.05, 4.69) is 29.1 Å². The molecule has 0 radical (unpaired) electrons. The van der Waals surface area contributed by atoms with E-state index < -0.39 is 0 Å². The molecule has 0 spiro atoms. The lowest BCUT2D eigenvalue weighted by molar-refractivity contribution is 0.405. The van der Waals surface area contributed by atoms with Crippen LogP contribution in [0.5, 0.6) is 11.5 Å². The number of thiazole rings is 1. The summed E-state index contributed by atoms with van der Waals surface area (Å²) in [6, 6.07) is 11.6. The van der Waals surface area contributed by atoms with Crippen LogP contribution in [0.3, 0.4) is 0 Å². The highest BCUT2D eigenvalue weighted by molar-refractivity contribution is 8.00. The van der Waals surface area contributed by atoms with Gasteiger partial charge in [-0.3, -0.25) is 0 Å². The molecule has 2 aromatic carbocycles. The lowest BCUT2D eigenvalue weighted by Crippen LogP contribution is -2.17. The minimum atomic E-state index is 0.138. The highest BCUT2D eigenvalue weighted by Gasteiger charge is 2.17. The molecule has 32 heavy (non-hydrogen) atoms. The summed E-state index contributed by atoms with van der Waals surface area (Å²) in [5.74, 6) is 0.916. The Labute approximate surface area is 202 Å². The van der Waals surface area contributed by atoms with E-state index in [0.717, 1.165) is 37.6 Å². The Hall–Kier alpha value is -2.09. The second-order valence-corrected chi connectivity index (χ2v) is 10.3. The first kappa shape index (κ1) is 23.1. The van der Waals surface area contributed by atoms with Crippen LogP contribution >= 0.6 is 34.9 Å². The summed E-state index contributed by atoms with van der Waals surface area (Å²) in [4.78, 5) is 6.92. The van der Waals surface area contributed by atoms with Crippen LogP contribution in [0, 0.1) is 6.92 Å². The number of nitrogens with zero attached hydrogens (tertiary/aromatic N) is 1. The van der Waals surface area contributed by atoms with Crippen molar-refractivity contribution in [1.82, 2.24) is 4.98 Å². The molecule has 1 saturated carbocycles. The van der Waals surface area contributed by atoms with Gasteiger partial charge in [-0.2, -0.15) is 0 Å². The molecule has 0 bridgehead atoms. The molecule has 0 saturated heterocycles. The van der Waals surface area contributed by atoms with Crippen LogP contribution in [0.15, 0.2) is 41.3 Å². The molecular formula is C24H28ClN3O2S2. The lowest BCUT2D eigenvalue weighted by atomic mass is 10.1. The largest absolute Gasteiger partial charge is 0.508 e. The Bertz CT molecular complexity index is 1070. The van der Waals surface area contributed by atoms with Crippen molar-refractivity contribution in [3.05, 3.63) is 47.1 Å². The zero-order valence-electron chi connectivity index (χ0n) is 18.3. The van der Waals surface area contributed by atoms with Crippen molar-refractivity contribution in [3.8, 4) is 21.9 Å². The van der Waals surface area contributed by atoms with E-state index in [-0.39, 0.29) is 5.75 Å². The lowest BCUT2D eigenvalue weighted by Gasteiger charge is -2.14. The zero-order valence-corrected chi connectivity index (χ0v) is 20.7. The van der Waals surface area contributed by atoms with Gasteiger partial charge in [0.2, 0.25) is 0 Å². The van der Waals surface area contributed by atoms with Crippen LogP contribution in [0.1, 0.15) is 44.2 Å². The molecule has 170 valence electrons. The molecule has 0 unspecified atom stereocenters. The Morgan fingerprint density at radius 2 is 1.91 bits per heavy atom. The normalized spacial score (nSPS) is 14.7. The van der Waals surface area contributed by atoms with Crippen molar-refractivity contribution in [1.29, 1.82) is 0 Å². The minimum Gasteiger partial charge on any atom is -0.508 e. The summed E-state index contributed by atoms with van der Waals surface area (Å²) < 4.78 is 8.82. The van der Waals surface area contributed by atoms with Gasteiger partial charge in [-0.25, -0.2) is 4.98 Å². The summed E-state index contributed by atoms with van der Waals surface area (Å²) >= 11 is 9.37. The Morgan fingerprint density at radius 1 is 1.12 bits per heavy atom. The van der Waals surface area contributed by atoms with Crippen LogP contribution in [-0.4, -0.2) is 23.2 Å². The fourth-order valence-corrected chi connectivity index (χ4v) is 6.07. The minimum absolute atomic E-state index is 0.138. The van der Waals surface area contributed by atoms with Crippen molar-refractivity contribution >= 4 is 45.7 Å². The third-order valence-electron chi connectivity index (χ3n) is 5.63. The fourth-order valence-electron chi connectivity index (χ4n) is 3.92. The highest BCUT2D eigenvalue weighted by atomic mass is 35.5. The Balaban J connectivity index is 1.53. The summed E-state index contributed by atoms with van der Waals surface area (Å²) in [6.07, 6.45) is 7.73. The molecule has 1 aromatic heterocycles. The number of phenols is 1. The van der Waals surface area contributed by atoms with Gasteiger partial charge in [0.1, 0.15) is 11.5 Å². The van der Waals surface area contributed by atoms with E-state index in [0.29, 0.717) is 11.1 Å². The maximum atomic E-state index is 9.56. The predicted molar refractivity (Wildman–Crippen MR) is 137 cm³/mol. The van der Waals surface area contributed by atoms with Gasteiger partial charge < -0.3 is 19.9 Å². The quantitative estimate of drug-likeness (QED) is 0.179. The third kappa shape index (κ3) is 5.63. The molecule has 0 aliphatic heterocycles. The molecule has 3 N–H and O–H groups in total. The molecule has 5 nitrogen and oxygen atoms in total. The smallest absolute Gasteiger partial charge is 0.183 e. The predicted octanol–water partition coefficient (Wildman–Crippen LogP) is 7.74.